The maximum absolute atomic E-state index is 13.2. The quantitative estimate of drug-likeness (QED) is 0.435. The minimum absolute atomic E-state index is 0.0734. The Balaban J connectivity index is 1.63. The number of carbonyl (C=O) groups excluding carboxylic acids is 2. The molecule has 0 bridgehead atoms. The van der Waals surface area contributed by atoms with Crippen molar-refractivity contribution in [3.63, 3.8) is 0 Å². The monoisotopic (exact) mass is 447 g/mol. The van der Waals surface area contributed by atoms with Crippen molar-refractivity contribution >= 4 is 45.6 Å². The van der Waals surface area contributed by atoms with Gasteiger partial charge in [0.1, 0.15) is 0 Å². The first-order chi connectivity index (χ1) is 15.3. The van der Waals surface area contributed by atoms with Crippen LogP contribution in [0.15, 0.2) is 48.0 Å². The summed E-state index contributed by atoms with van der Waals surface area (Å²) < 4.78 is 1.82. The van der Waals surface area contributed by atoms with Crippen LogP contribution >= 0.6 is 11.3 Å². The average Bonchev–Trinajstić information content (AvgIpc) is 3.40. The molecule has 2 amide bonds. The molecule has 32 heavy (non-hydrogen) atoms. The van der Waals surface area contributed by atoms with Crippen molar-refractivity contribution in [1.29, 1.82) is 0 Å². The maximum Gasteiger partial charge on any atom is 0.256 e. The van der Waals surface area contributed by atoms with Crippen LogP contribution in [0.3, 0.4) is 0 Å². The summed E-state index contributed by atoms with van der Waals surface area (Å²) in [4.78, 5) is 31.1. The lowest BCUT2D eigenvalue weighted by molar-refractivity contribution is -0.118. The Bertz CT molecular complexity index is 1290. The van der Waals surface area contributed by atoms with Gasteiger partial charge in [-0.25, -0.2) is 9.67 Å². The largest absolute Gasteiger partial charge is 0.326 e. The number of aryl methyl sites for hydroxylation is 2. The minimum Gasteiger partial charge on any atom is -0.326 e. The highest BCUT2D eigenvalue weighted by atomic mass is 32.1. The summed E-state index contributed by atoms with van der Waals surface area (Å²) >= 11 is 1.66. The topological polar surface area (TPSA) is 88.9 Å². The second-order valence-electron chi connectivity index (χ2n) is 8.06. The second kappa shape index (κ2) is 8.92. The van der Waals surface area contributed by atoms with Gasteiger partial charge in [0.2, 0.25) is 5.91 Å². The highest BCUT2D eigenvalue weighted by Gasteiger charge is 2.17. The summed E-state index contributed by atoms with van der Waals surface area (Å²) in [5, 5.41) is 13.1. The molecule has 0 saturated carbocycles. The second-order valence-corrected chi connectivity index (χ2v) is 9.09. The number of fused-ring (bicyclic) bond motifs is 1. The SMILES string of the molecule is Cc1cc(C(=O)Nc2cc(NC(=O)C(C)C)ccc2C)c2cnn(Cc3cccs3)c2n1. The molecule has 1 aromatic carbocycles. The number of anilines is 2. The van der Waals surface area contributed by atoms with E-state index in [1.54, 1.807) is 29.7 Å². The van der Waals surface area contributed by atoms with E-state index in [2.05, 4.69) is 26.8 Å². The van der Waals surface area contributed by atoms with Crippen molar-refractivity contribution in [1.82, 2.24) is 14.8 Å². The van der Waals surface area contributed by atoms with E-state index in [1.165, 1.54) is 4.88 Å². The van der Waals surface area contributed by atoms with Crippen LogP contribution < -0.4 is 10.6 Å². The molecule has 3 heterocycles. The van der Waals surface area contributed by atoms with Gasteiger partial charge in [-0.3, -0.25) is 9.59 Å². The number of amides is 2. The number of benzene rings is 1. The normalized spacial score (nSPS) is 11.2. The zero-order valence-corrected chi connectivity index (χ0v) is 19.3. The zero-order chi connectivity index (χ0) is 22.8. The first-order valence-corrected chi connectivity index (χ1v) is 11.3. The van der Waals surface area contributed by atoms with Gasteiger partial charge in [0.15, 0.2) is 5.65 Å². The standard InChI is InChI=1S/C24H25N5O2S/c1-14(2)23(30)27-17-8-7-15(3)21(11-17)28-24(31)19-10-16(4)26-22-20(19)12-25-29(22)13-18-6-5-9-32-18/h5-12,14H,13H2,1-4H3,(H,27,30)(H,28,31). The lowest BCUT2D eigenvalue weighted by atomic mass is 10.1. The fraction of sp³-hybridized carbons (Fsp3) is 0.250. The van der Waals surface area contributed by atoms with Crippen LogP contribution in [0, 0.1) is 19.8 Å². The predicted octanol–water partition coefficient (Wildman–Crippen LogP) is 5.00. The molecule has 7 nitrogen and oxygen atoms in total. The molecular weight excluding hydrogens is 422 g/mol. The van der Waals surface area contributed by atoms with E-state index in [1.807, 2.05) is 56.0 Å². The molecule has 0 aliphatic rings. The van der Waals surface area contributed by atoms with Crippen molar-refractivity contribution in [2.75, 3.05) is 10.6 Å². The Morgan fingerprint density at radius 1 is 1.12 bits per heavy atom. The molecular formula is C24H25N5O2S. The van der Waals surface area contributed by atoms with E-state index in [-0.39, 0.29) is 17.7 Å². The third-order valence-corrected chi connectivity index (χ3v) is 6.01. The third-order valence-electron chi connectivity index (χ3n) is 5.15. The van der Waals surface area contributed by atoms with Crippen LogP contribution in [0.2, 0.25) is 0 Å². The summed E-state index contributed by atoms with van der Waals surface area (Å²) in [5.41, 5.74) is 4.12. The number of rotatable bonds is 6. The number of hydrogen-bond acceptors (Lipinski definition) is 5. The Labute approximate surface area is 190 Å². The third kappa shape index (κ3) is 4.55. The van der Waals surface area contributed by atoms with E-state index >= 15 is 0 Å². The molecule has 0 fully saturated rings. The van der Waals surface area contributed by atoms with Gasteiger partial charge in [-0.15, -0.1) is 11.3 Å². The Morgan fingerprint density at radius 3 is 2.66 bits per heavy atom. The molecule has 0 saturated heterocycles. The summed E-state index contributed by atoms with van der Waals surface area (Å²) in [7, 11) is 0. The molecule has 3 aromatic heterocycles. The predicted molar refractivity (Wildman–Crippen MR) is 128 cm³/mol. The number of pyridine rings is 1. The lowest BCUT2D eigenvalue weighted by Crippen LogP contribution is -2.18. The molecule has 2 N–H and O–H groups in total. The lowest BCUT2D eigenvalue weighted by Gasteiger charge is -2.13. The van der Waals surface area contributed by atoms with Gasteiger partial charge < -0.3 is 10.6 Å². The maximum atomic E-state index is 13.2. The summed E-state index contributed by atoms with van der Waals surface area (Å²) in [5.74, 6) is -0.449. The number of nitrogens with zero attached hydrogens (tertiary/aromatic N) is 3. The van der Waals surface area contributed by atoms with Gasteiger partial charge in [0.25, 0.3) is 5.91 Å². The molecule has 8 heteroatoms. The van der Waals surface area contributed by atoms with Gasteiger partial charge in [-0.05, 0) is 49.1 Å². The van der Waals surface area contributed by atoms with Crippen molar-refractivity contribution in [2.45, 2.75) is 34.2 Å². The average molecular weight is 448 g/mol. The van der Waals surface area contributed by atoms with Crippen LogP contribution in [0.25, 0.3) is 11.0 Å². The van der Waals surface area contributed by atoms with Crippen molar-refractivity contribution in [3.8, 4) is 0 Å². The van der Waals surface area contributed by atoms with Crippen molar-refractivity contribution in [3.05, 3.63) is 69.7 Å². The van der Waals surface area contributed by atoms with Crippen LogP contribution in [0.4, 0.5) is 11.4 Å². The highest BCUT2D eigenvalue weighted by Crippen LogP contribution is 2.24. The van der Waals surface area contributed by atoms with Crippen LogP contribution in [0.5, 0.6) is 0 Å². The minimum atomic E-state index is -0.244. The van der Waals surface area contributed by atoms with Crippen LogP contribution in [-0.2, 0) is 11.3 Å². The summed E-state index contributed by atoms with van der Waals surface area (Å²) in [6, 6.07) is 11.3. The molecule has 4 aromatic rings. The van der Waals surface area contributed by atoms with Gasteiger partial charge in [0, 0.05) is 27.9 Å². The van der Waals surface area contributed by atoms with E-state index in [0.29, 0.717) is 34.5 Å². The fourth-order valence-electron chi connectivity index (χ4n) is 3.34. The summed E-state index contributed by atoms with van der Waals surface area (Å²) in [6.45, 7) is 8.06. The highest BCUT2D eigenvalue weighted by molar-refractivity contribution is 7.09. The molecule has 0 spiro atoms. The molecule has 164 valence electrons. The number of thiophene rings is 1. The number of aromatic nitrogens is 3. The van der Waals surface area contributed by atoms with Gasteiger partial charge in [0.05, 0.1) is 23.7 Å². The number of hydrogen-bond donors (Lipinski definition) is 2. The van der Waals surface area contributed by atoms with Gasteiger partial charge >= 0.3 is 0 Å². The molecule has 4 rings (SSSR count). The molecule has 0 aliphatic heterocycles. The van der Waals surface area contributed by atoms with Gasteiger partial charge in [-0.1, -0.05) is 26.0 Å². The van der Waals surface area contributed by atoms with E-state index in [9.17, 15) is 9.59 Å². The Kier molecular flexibility index (Phi) is 6.05. The van der Waals surface area contributed by atoms with Crippen molar-refractivity contribution < 1.29 is 9.59 Å². The number of nitrogens with one attached hydrogen (secondary N) is 2. The van der Waals surface area contributed by atoms with Crippen molar-refractivity contribution in [2.24, 2.45) is 5.92 Å². The number of carbonyl (C=O) groups is 2. The first kappa shape index (κ1) is 21.7. The Hall–Kier alpha value is -3.52. The Morgan fingerprint density at radius 2 is 1.94 bits per heavy atom. The van der Waals surface area contributed by atoms with Gasteiger partial charge in [-0.2, -0.15) is 5.10 Å². The van der Waals surface area contributed by atoms with E-state index < -0.39 is 0 Å². The fourth-order valence-corrected chi connectivity index (χ4v) is 4.02. The molecule has 0 aliphatic carbocycles. The molecule has 0 unspecified atom stereocenters. The smallest absolute Gasteiger partial charge is 0.256 e. The first-order valence-electron chi connectivity index (χ1n) is 10.4. The zero-order valence-electron chi connectivity index (χ0n) is 18.5. The van der Waals surface area contributed by atoms with E-state index in [0.717, 1.165) is 11.3 Å². The van der Waals surface area contributed by atoms with Crippen LogP contribution in [-0.4, -0.2) is 26.6 Å². The van der Waals surface area contributed by atoms with E-state index in [4.69, 9.17) is 0 Å². The summed E-state index contributed by atoms with van der Waals surface area (Å²) in [6.07, 6.45) is 1.69. The molecule has 0 atom stereocenters. The van der Waals surface area contributed by atoms with Crippen LogP contribution in [0.1, 0.15) is 40.3 Å². The molecule has 0 radical (unpaired) electrons.